The van der Waals surface area contributed by atoms with Crippen molar-refractivity contribution < 1.29 is 4.74 Å². The number of anilines is 1. The summed E-state index contributed by atoms with van der Waals surface area (Å²) in [5.74, 6) is 1.02. The van der Waals surface area contributed by atoms with Crippen LogP contribution in [-0.4, -0.2) is 31.3 Å². The van der Waals surface area contributed by atoms with E-state index >= 15 is 0 Å². The number of nitrogens with one attached hydrogen (secondary N) is 1. The van der Waals surface area contributed by atoms with Crippen molar-refractivity contribution in [3.8, 4) is 11.8 Å². The average Bonchev–Trinajstić information content (AvgIpc) is 2.56. The van der Waals surface area contributed by atoms with Crippen LogP contribution in [0, 0.1) is 13.8 Å². The summed E-state index contributed by atoms with van der Waals surface area (Å²) >= 11 is 5.83. The molecule has 0 radical (unpaired) electrons. The first-order chi connectivity index (χ1) is 9.01. The predicted molar refractivity (Wildman–Crippen MR) is 71.8 cm³/mol. The zero-order chi connectivity index (χ0) is 14.0. The molecule has 0 atom stereocenters. The molecule has 2 aromatic rings. The van der Waals surface area contributed by atoms with E-state index < -0.39 is 0 Å². The minimum atomic E-state index is 0.0835. The van der Waals surface area contributed by atoms with Gasteiger partial charge in [-0.05, 0) is 32.4 Å². The molecule has 0 saturated heterocycles. The Morgan fingerprint density at radius 2 is 2.00 bits per heavy atom. The molecule has 2 rings (SSSR count). The van der Waals surface area contributed by atoms with Gasteiger partial charge >= 0.3 is 6.01 Å². The van der Waals surface area contributed by atoms with Crippen LogP contribution in [0.2, 0.25) is 5.28 Å². The lowest BCUT2D eigenvalue weighted by Crippen LogP contribution is -2.05. The lowest BCUT2D eigenvalue weighted by Gasteiger charge is -2.06. The first-order valence-electron chi connectivity index (χ1n) is 5.84. The van der Waals surface area contributed by atoms with Crippen LogP contribution in [0.4, 0.5) is 5.95 Å². The first-order valence-corrected chi connectivity index (χ1v) is 6.22. The zero-order valence-electron chi connectivity index (χ0n) is 11.2. The number of nitrogens with zero attached hydrogens (tertiary/aromatic N) is 5. The molecule has 0 spiro atoms. The molecule has 0 fully saturated rings. The topological polar surface area (TPSA) is 77.8 Å². The van der Waals surface area contributed by atoms with Gasteiger partial charge in [-0.25, -0.2) is 0 Å². The van der Waals surface area contributed by atoms with E-state index in [0.29, 0.717) is 18.2 Å². The van der Waals surface area contributed by atoms with Crippen molar-refractivity contribution in [1.29, 1.82) is 0 Å². The minimum absolute atomic E-state index is 0.0835. The number of halogens is 1. The zero-order valence-corrected chi connectivity index (χ0v) is 12.0. The quantitative estimate of drug-likeness (QED) is 0.925. The molecule has 0 amide bonds. The van der Waals surface area contributed by atoms with Gasteiger partial charge in [0.25, 0.3) is 0 Å². The molecule has 102 valence electrons. The van der Waals surface area contributed by atoms with Gasteiger partial charge in [-0.2, -0.15) is 20.1 Å². The van der Waals surface area contributed by atoms with Gasteiger partial charge in [-0.15, -0.1) is 0 Å². The van der Waals surface area contributed by atoms with Gasteiger partial charge < -0.3 is 10.1 Å². The summed E-state index contributed by atoms with van der Waals surface area (Å²) in [6, 6.07) is 0.148. The number of hydrogen-bond donors (Lipinski definition) is 1. The van der Waals surface area contributed by atoms with Gasteiger partial charge in [0.05, 0.1) is 5.69 Å². The summed E-state index contributed by atoms with van der Waals surface area (Å²) in [6.45, 7) is 6.39. The highest BCUT2D eigenvalue weighted by Gasteiger charge is 2.14. The van der Waals surface area contributed by atoms with E-state index in [0.717, 1.165) is 11.4 Å². The highest BCUT2D eigenvalue weighted by atomic mass is 35.5. The fraction of sp³-hybridized carbons (Fsp3) is 0.455. The van der Waals surface area contributed by atoms with Gasteiger partial charge in [0.1, 0.15) is 5.69 Å². The molecule has 0 aliphatic carbocycles. The van der Waals surface area contributed by atoms with Crippen molar-refractivity contribution in [3.05, 3.63) is 16.7 Å². The Kier molecular flexibility index (Phi) is 3.84. The third-order valence-electron chi connectivity index (χ3n) is 2.56. The molecule has 0 unspecified atom stereocenters. The maximum absolute atomic E-state index is 5.83. The van der Waals surface area contributed by atoms with Crippen LogP contribution in [0.1, 0.15) is 18.3 Å². The molecule has 0 aliphatic heterocycles. The Labute approximate surface area is 116 Å². The van der Waals surface area contributed by atoms with Crippen LogP contribution in [0.25, 0.3) is 0 Å². The van der Waals surface area contributed by atoms with Crippen LogP contribution in [-0.2, 0) is 7.05 Å². The number of aromatic nitrogens is 5. The largest absolute Gasteiger partial charge is 0.420 e. The van der Waals surface area contributed by atoms with Crippen molar-refractivity contribution >= 4 is 17.5 Å². The number of aryl methyl sites for hydroxylation is 2. The van der Waals surface area contributed by atoms with Gasteiger partial charge in [0.15, 0.2) is 5.75 Å². The third kappa shape index (κ3) is 2.93. The molecule has 0 aliphatic rings. The Morgan fingerprint density at radius 3 is 2.58 bits per heavy atom. The maximum Gasteiger partial charge on any atom is 0.328 e. The SMILES string of the molecule is CCNc1nc(Cl)nc(Oc2c(C)nn(C)c2C)n1. The molecule has 2 aromatic heterocycles. The van der Waals surface area contributed by atoms with Gasteiger partial charge in [-0.3, -0.25) is 4.68 Å². The standard InChI is InChI=1S/C11H15ClN6O/c1-5-13-10-14-9(12)15-11(16-10)19-8-6(2)17-18(4)7(8)3/h5H2,1-4H3,(H,13,14,15,16). The van der Waals surface area contributed by atoms with Crippen LogP contribution in [0.3, 0.4) is 0 Å². The molecule has 0 aromatic carbocycles. The monoisotopic (exact) mass is 282 g/mol. The Balaban J connectivity index is 2.32. The van der Waals surface area contributed by atoms with Crippen LogP contribution in [0.5, 0.6) is 11.8 Å². The fourth-order valence-corrected chi connectivity index (χ4v) is 1.76. The highest BCUT2D eigenvalue weighted by molar-refractivity contribution is 6.28. The molecule has 8 heteroatoms. The van der Waals surface area contributed by atoms with Crippen molar-refractivity contribution in [3.63, 3.8) is 0 Å². The van der Waals surface area contributed by atoms with Crippen molar-refractivity contribution in [2.75, 3.05) is 11.9 Å². The summed E-state index contributed by atoms with van der Waals surface area (Å²) in [5.41, 5.74) is 1.65. The summed E-state index contributed by atoms with van der Waals surface area (Å²) in [5, 5.41) is 7.30. The van der Waals surface area contributed by atoms with E-state index in [9.17, 15) is 0 Å². The Bertz CT molecular complexity index is 597. The summed E-state index contributed by atoms with van der Waals surface area (Å²) in [4.78, 5) is 12.0. The van der Waals surface area contributed by atoms with Crippen LogP contribution >= 0.6 is 11.6 Å². The van der Waals surface area contributed by atoms with Crippen molar-refractivity contribution in [2.45, 2.75) is 20.8 Å². The molecule has 19 heavy (non-hydrogen) atoms. The third-order valence-corrected chi connectivity index (χ3v) is 2.73. The first kappa shape index (κ1) is 13.5. The smallest absolute Gasteiger partial charge is 0.328 e. The van der Waals surface area contributed by atoms with Gasteiger partial charge in [0, 0.05) is 13.6 Å². The molecule has 7 nitrogen and oxygen atoms in total. The Hall–Kier alpha value is -1.89. The maximum atomic E-state index is 5.83. The van der Waals surface area contributed by atoms with Crippen LogP contribution in [0.15, 0.2) is 0 Å². The number of rotatable bonds is 4. The second-order valence-corrected chi connectivity index (χ2v) is 4.30. The normalized spacial score (nSPS) is 10.6. The predicted octanol–water partition coefficient (Wildman–Crippen LogP) is 2.10. The van der Waals surface area contributed by atoms with Crippen molar-refractivity contribution in [1.82, 2.24) is 24.7 Å². The summed E-state index contributed by atoms with van der Waals surface area (Å²) in [6.07, 6.45) is 0. The summed E-state index contributed by atoms with van der Waals surface area (Å²) < 4.78 is 7.39. The molecular formula is C11H15ClN6O. The fourth-order valence-electron chi connectivity index (χ4n) is 1.61. The number of hydrogen-bond acceptors (Lipinski definition) is 6. The highest BCUT2D eigenvalue weighted by Crippen LogP contribution is 2.26. The van der Waals surface area contributed by atoms with Crippen LogP contribution < -0.4 is 10.1 Å². The molecule has 0 bridgehead atoms. The van der Waals surface area contributed by atoms with E-state index in [2.05, 4.69) is 25.4 Å². The second-order valence-electron chi connectivity index (χ2n) is 3.97. The van der Waals surface area contributed by atoms with E-state index in [4.69, 9.17) is 16.3 Å². The van der Waals surface area contributed by atoms with E-state index in [-0.39, 0.29) is 11.3 Å². The van der Waals surface area contributed by atoms with E-state index in [1.54, 1.807) is 4.68 Å². The van der Waals surface area contributed by atoms with E-state index in [1.807, 2.05) is 27.8 Å². The second kappa shape index (κ2) is 5.40. The molecular weight excluding hydrogens is 268 g/mol. The van der Waals surface area contributed by atoms with Gasteiger partial charge in [-0.1, -0.05) is 0 Å². The molecule has 1 N–H and O–H groups in total. The lowest BCUT2D eigenvalue weighted by atomic mass is 10.3. The molecule has 2 heterocycles. The van der Waals surface area contributed by atoms with Gasteiger partial charge in [0.2, 0.25) is 11.2 Å². The number of ether oxygens (including phenoxy) is 1. The molecule has 0 saturated carbocycles. The summed E-state index contributed by atoms with van der Waals surface area (Å²) in [7, 11) is 1.85. The van der Waals surface area contributed by atoms with Crippen molar-refractivity contribution in [2.24, 2.45) is 7.05 Å². The lowest BCUT2D eigenvalue weighted by molar-refractivity contribution is 0.433. The van der Waals surface area contributed by atoms with E-state index in [1.165, 1.54) is 0 Å². The average molecular weight is 283 g/mol. The minimum Gasteiger partial charge on any atom is -0.420 e. The Morgan fingerprint density at radius 1 is 1.26 bits per heavy atom.